The zero-order chi connectivity index (χ0) is 18.3. The number of fused-ring (bicyclic) bond motifs is 3. The number of nitro groups is 1. The van der Waals surface area contributed by atoms with Crippen LogP contribution < -0.4 is 9.47 Å². The van der Waals surface area contributed by atoms with Crippen LogP contribution >= 0.6 is 0 Å². The van der Waals surface area contributed by atoms with Crippen LogP contribution in [0.2, 0.25) is 0 Å². The number of benzene rings is 2. The van der Waals surface area contributed by atoms with Crippen molar-refractivity contribution in [3.63, 3.8) is 0 Å². The Morgan fingerprint density at radius 1 is 1.04 bits per heavy atom. The molecular weight excluding hydrogens is 338 g/mol. The molecule has 0 unspecified atom stereocenters. The molecule has 4 aromatic rings. The van der Waals surface area contributed by atoms with Crippen LogP contribution in [0.1, 0.15) is 0 Å². The van der Waals surface area contributed by atoms with Crippen LogP contribution in [0.15, 0.2) is 42.7 Å². The first-order chi connectivity index (χ1) is 12.6. The molecule has 0 bridgehead atoms. The lowest BCUT2D eigenvalue weighted by molar-refractivity contribution is -0.384. The van der Waals surface area contributed by atoms with Gasteiger partial charge in [0.15, 0.2) is 23.0 Å². The fourth-order valence-electron chi connectivity index (χ4n) is 2.79. The molecule has 2 heterocycles. The lowest BCUT2D eigenvalue weighted by atomic mass is 10.2. The van der Waals surface area contributed by atoms with Gasteiger partial charge in [0.25, 0.3) is 5.69 Å². The first-order valence-electron chi connectivity index (χ1n) is 7.62. The van der Waals surface area contributed by atoms with Gasteiger partial charge in [-0.3, -0.25) is 14.5 Å². The van der Waals surface area contributed by atoms with E-state index in [1.165, 1.54) is 12.1 Å². The molecule has 26 heavy (non-hydrogen) atoms. The number of methoxy groups -OCH3 is 2. The van der Waals surface area contributed by atoms with Crippen LogP contribution in [0.4, 0.5) is 5.69 Å². The van der Waals surface area contributed by atoms with Crippen LogP contribution in [-0.2, 0) is 0 Å². The van der Waals surface area contributed by atoms with E-state index in [1.807, 2.05) is 0 Å². The van der Waals surface area contributed by atoms with Crippen molar-refractivity contribution < 1.29 is 14.4 Å². The van der Waals surface area contributed by atoms with Crippen molar-refractivity contribution in [2.75, 3.05) is 14.2 Å². The largest absolute Gasteiger partial charge is 0.493 e. The molecule has 0 amide bonds. The van der Waals surface area contributed by atoms with Gasteiger partial charge in [0.1, 0.15) is 6.33 Å². The Morgan fingerprint density at radius 2 is 1.73 bits per heavy atom. The van der Waals surface area contributed by atoms with Crippen molar-refractivity contribution in [2.24, 2.45) is 0 Å². The Bertz CT molecular complexity index is 1140. The van der Waals surface area contributed by atoms with Crippen molar-refractivity contribution in [2.45, 2.75) is 0 Å². The third kappa shape index (κ3) is 2.37. The molecule has 130 valence electrons. The summed E-state index contributed by atoms with van der Waals surface area (Å²) < 4.78 is 12.4. The second kappa shape index (κ2) is 5.96. The van der Waals surface area contributed by atoms with E-state index in [1.54, 1.807) is 49.2 Å². The number of non-ortho nitro benzene ring substituents is 1. The average molecular weight is 351 g/mol. The van der Waals surface area contributed by atoms with Gasteiger partial charge < -0.3 is 9.47 Å². The highest BCUT2D eigenvalue weighted by atomic mass is 16.6. The maximum atomic E-state index is 10.8. The minimum Gasteiger partial charge on any atom is -0.493 e. The Hall–Kier alpha value is -3.75. The number of aromatic nitrogens is 4. The van der Waals surface area contributed by atoms with Crippen LogP contribution in [0, 0.1) is 10.1 Å². The van der Waals surface area contributed by atoms with Gasteiger partial charge in [-0.2, -0.15) is 0 Å². The molecule has 0 radical (unpaired) electrons. The van der Waals surface area contributed by atoms with E-state index in [0.29, 0.717) is 34.1 Å². The predicted octanol–water partition coefficient (Wildman–Crippen LogP) is 2.87. The molecule has 0 N–H and O–H groups in total. The SMILES string of the molecule is COc1cc2ncn3c(-c4ccc([N+](=O)[O-])cc4)nnc3c2cc1OC. The monoisotopic (exact) mass is 351 g/mol. The Morgan fingerprint density at radius 3 is 2.38 bits per heavy atom. The van der Waals surface area contributed by atoms with Gasteiger partial charge in [-0.25, -0.2) is 4.98 Å². The van der Waals surface area contributed by atoms with Gasteiger partial charge >= 0.3 is 0 Å². The summed E-state index contributed by atoms with van der Waals surface area (Å²) in [4.78, 5) is 14.8. The minimum atomic E-state index is -0.444. The third-order valence-corrected chi connectivity index (χ3v) is 4.09. The van der Waals surface area contributed by atoms with Gasteiger partial charge in [0.2, 0.25) is 0 Å². The molecule has 0 saturated carbocycles. The van der Waals surface area contributed by atoms with Gasteiger partial charge in [-0.05, 0) is 18.2 Å². The van der Waals surface area contributed by atoms with Crippen molar-refractivity contribution in [1.29, 1.82) is 0 Å². The summed E-state index contributed by atoms with van der Waals surface area (Å²) in [5.74, 6) is 1.68. The molecule has 0 aliphatic rings. The number of nitrogens with zero attached hydrogens (tertiary/aromatic N) is 5. The molecule has 9 nitrogen and oxygen atoms in total. The van der Waals surface area contributed by atoms with Crippen LogP contribution in [-0.4, -0.2) is 38.7 Å². The molecule has 0 saturated heterocycles. The normalized spacial score (nSPS) is 11.0. The van der Waals surface area contributed by atoms with E-state index < -0.39 is 4.92 Å². The predicted molar refractivity (Wildman–Crippen MR) is 93.5 cm³/mol. The van der Waals surface area contributed by atoms with Crippen LogP contribution in [0.5, 0.6) is 11.5 Å². The molecule has 2 aromatic heterocycles. The number of ether oxygens (including phenoxy) is 2. The topological polar surface area (TPSA) is 105 Å². The molecule has 0 aliphatic carbocycles. The Balaban J connectivity index is 1.91. The highest BCUT2D eigenvalue weighted by Gasteiger charge is 2.15. The fourth-order valence-corrected chi connectivity index (χ4v) is 2.79. The average Bonchev–Trinajstić information content (AvgIpc) is 3.11. The summed E-state index contributed by atoms with van der Waals surface area (Å²) in [5, 5.41) is 20.0. The summed E-state index contributed by atoms with van der Waals surface area (Å²) in [6.07, 6.45) is 1.61. The van der Waals surface area contributed by atoms with Crippen molar-refractivity contribution in [3.8, 4) is 22.9 Å². The lowest BCUT2D eigenvalue weighted by Crippen LogP contribution is -1.96. The molecule has 4 rings (SSSR count). The summed E-state index contributed by atoms with van der Waals surface area (Å²) in [6.45, 7) is 0. The highest BCUT2D eigenvalue weighted by molar-refractivity contribution is 5.94. The second-order valence-corrected chi connectivity index (χ2v) is 5.49. The van der Waals surface area contributed by atoms with Crippen molar-refractivity contribution >= 4 is 22.2 Å². The van der Waals surface area contributed by atoms with E-state index >= 15 is 0 Å². The second-order valence-electron chi connectivity index (χ2n) is 5.49. The van der Waals surface area contributed by atoms with Crippen molar-refractivity contribution in [3.05, 3.63) is 52.8 Å². The van der Waals surface area contributed by atoms with E-state index in [2.05, 4.69) is 15.2 Å². The summed E-state index contributed by atoms with van der Waals surface area (Å²) in [7, 11) is 3.12. The molecule has 0 atom stereocenters. The lowest BCUT2D eigenvalue weighted by Gasteiger charge is -2.09. The molecule has 0 aliphatic heterocycles. The van der Waals surface area contributed by atoms with Gasteiger partial charge in [-0.1, -0.05) is 0 Å². The highest BCUT2D eigenvalue weighted by Crippen LogP contribution is 2.33. The molecule has 0 fully saturated rings. The van der Waals surface area contributed by atoms with E-state index in [0.717, 1.165) is 5.39 Å². The first kappa shape index (κ1) is 15.8. The third-order valence-electron chi connectivity index (χ3n) is 4.09. The smallest absolute Gasteiger partial charge is 0.269 e. The quantitative estimate of drug-likeness (QED) is 0.411. The van der Waals surface area contributed by atoms with E-state index in [-0.39, 0.29) is 5.69 Å². The Kier molecular flexibility index (Phi) is 3.61. The van der Waals surface area contributed by atoms with Crippen LogP contribution in [0.3, 0.4) is 0 Å². The van der Waals surface area contributed by atoms with Gasteiger partial charge in [0.05, 0.1) is 24.7 Å². The summed E-state index contributed by atoms with van der Waals surface area (Å²) >= 11 is 0. The van der Waals surface area contributed by atoms with Crippen LogP contribution in [0.25, 0.3) is 27.9 Å². The molecular formula is C17H13N5O4. The van der Waals surface area contributed by atoms with Gasteiger partial charge in [0, 0.05) is 29.1 Å². The maximum Gasteiger partial charge on any atom is 0.269 e. The van der Waals surface area contributed by atoms with E-state index in [4.69, 9.17) is 9.47 Å². The zero-order valence-electron chi connectivity index (χ0n) is 13.9. The van der Waals surface area contributed by atoms with Gasteiger partial charge in [-0.15, -0.1) is 10.2 Å². The summed E-state index contributed by atoms with van der Waals surface area (Å²) in [6, 6.07) is 9.69. The standard InChI is InChI=1S/C17H13N5O4/c1-25-14-7-12-13(8-15(14)26-2)18-9-21-16(19-20-17(12)21)10-3-5-11(6-4-10)22(23)24/h3-9H,1-2H3. The number of hydrogen-bond donors (Lipinski definition) is 0. The first-order valence-corrected chi connectivity index (χ1v) is 7.62. The fraction of sp³-hybridized carbons (Fsp3) is 0.118. The minimum absolute atomic E-state index is 0.0166. The zero-order valence-corrected chi connectivity index (χ0v) is 13.9. The number of nitro benzene ring substituents is 1. The van der Waals surface area contributed by atoms with E-state index in [9.17, 15) is 10.1 Å². The molecule has 9 heteroatoms. The molecule has 2 aromatic carbocycles. The number of hydrogen-bond acceptors (Lipinski definition) is 7. The Labute approximate surface area is 147 Å². The molecule has 0 spiro atoms. The number of rotatable bonds is 4. The maximum absolute atomic E-state index is 10.8. The summed E-state index contributed by atoms with van der Waals surface area (Å²) in [5.41, 5.74) is 2.01. The van der Waals surface area contributed by atoms with Crippen molar-refractivity contribution in [1.82, 2.24) is 19.6 Å².